The second kappa shape index (κ2) is 4.05. The lowest BCUT2D eigenvalue weighted by atomic mass is 9.80. The van der Waals surface area contributed by atoms with Crippen LogP contribution in [0.25, 0.3) is 0 Å². The van der Waals surface area contributed by atoms with E-state index in [-0.39, 0.29) is 0 Å². The summed E-state index contributed by atoms with van der Waals surface area (Å²) >= 11 is 0. The third-order valence-electron chi connectivity index (χ3n) is 3.30. The molecular weight excluding hydrogens is 184 g/mol. The maximum atomic E-state index is 7.95. The summed E-state index contributed by atoms with van der Waals surface area (Å²) in [7, 11) is 0. The molecule has 1 aromatic carbocycles. The third kappa shape index (κ3) is 1.54. The lowest BCUT2D eigenvalue weighted by molar-refractivity contribution is 0.178. The van der Waals surface area contributed by atoms with Crippen molar-refractivity contribution in [3.63, 3.8) is 0 Å². The topological polar surface area (TPSA) is 27.1 Å². The van der Waals surface area contributed by atoms with Crippen LogP contribution in [0.3, 0.4) is 0 Å². The van der Waals surface area contributed by atoms with E-state index in [2.05, 4.69) is 43.0 Å². The van der Waals surface area contributed by atoms with E-state index >= 15 is 0 Å². The smallest absolute Gasteiger partial charge is 0.102 e. The molecule has 2 rings (SSSR count). The summed E-state index contributed by atoms with van der Waals surface area (Å²) in [5, 5.41) is 7.95. The Kier molecular flexibility index (Phi) is 2.76. The van der Waals surface area contributed by atoms with Crippen LogP contribution in [0, 0.1) is 11.3 Å². The maximum Gasteiger partial charge on any atom is 0.102 e. The molecule has 0 aromatic heterocycles. The van der Waals surface area contributed by atoms with Crippen LogP contribution in [0.4, 0.5) is 0 Å². The third-order valence-corrected chi connectivity index (χ3v) is 3.30. The highest BCUT2D eigenvalue weighted by Gasteiger charge is 2.42. The highest BCUT2D eigenvalue weighted by Crippen LogP contribution is 2.41. The zero-order chi connectivity index (χ0) is 10.8. The molecule has 1 fully saturated rings. The Hall–Kier alpha value is -1.31. The average molecular weight is 202 g/mol. The molecule has 2 atom stereocenters. The molecule has 0 amide bonds. The molecule has 80 valence electrons. The first kappa shape index (κ1) is 10.2. The van der Waals surface area contributed by atoms with Gasteiger partial charge in [0, 0.05) is 12.5 Å². The summed E-state index contributed by atoms with van der Waals surface area (Å²) < 4.78 is 0. The van der Waals surface area contributed by atoms with E-state index in [0.29, 0.717) is 12.0 Å². The van der Waals surface area contributed by atoms with E-state index in [9.17, 15) is 0 Å². The molecule has 1 aliphatic heterocycles. The highest BCUT2D eigenvalue weighted by molar-refractivity contribution is 5.89. The minimum atomic E-state index is 0.423. The SMILES string of the molecule is CCC1C(=N)N(CC)C1c1ccccc1. The zero-order valence-corrected chi connectivity index (χ0v) is 9.40. The van der Waals surface area contributed by atoms with E-state index in [1.807, 2.05) is 6.07 Å². The van der Waals surface area contributed by atoms with Crippen LogP contribution in [0.2, 0.25) is 0 Å². The second-order valence-corrected chi connectivity index (χ2v) is 4.04. The van der Waals surface area contributed by atoms with E-state index < -0.39 is 0 Å². The van der Waals surface area contributed by atoms with Crippen molar-refractivity contribution in [2.75, 3.05) is 6.54 Å². The molecule has 1 heterocycles. The summed E-state index contributed by atoms with van der Waals surface area (Å²) in [4.78, 5) is 2.18. The zero-order valence-electron chi connectivity index (χ0n) is 9.40. The number of amidine groups is 1. The number of nitrogens with zero attached hydrogens (tertiary/aromatic N) is 1. The average Bonchev–Trinajstić information content (AvgIpc) is 2.28. The van der Waals surface area contributed by atoms with Gasteiger partial charge in [0.05, 0.1) is 6.04 Å². The number of rotatable bonds is 3. The standard InChI is InChI=1S/C13H18N2/c1-3-11-12(15(4-2)13(11)14)10-8-6-5-7-9-10/h5-9,11-12,14H,3-4H2,1-2H3. The Bertz CT molecular complexity index is 331. The van der Waals surface area contributed by atoms with Gasteiger partial charge in [-0.25, -0.2) is 0 Å². The Balaban J connectivity index is 2.24. The largest absolute Gasteiger partial charge is 0.353 e. The molecule has 1 saturated heterocycles. The van der Waals surface area contributed by atoms with Crippen molar-refractivity contribution in [1.82, 2.24) is 4.90 Å². The molecule has 0 bridgehead atoms. The summed E-state index contributed by atoms with van der Waals surface area (Å²) in [6.07, 6.45) is 1.06. The number of likely N-dealkylation sites (tertiary alicyclic amines) is 1. The molecule has 0 saturated carbocycles. The van der Waals surface area contributed by atoms with Crippen molar-refractivity contribution < 1.29 is 0 Å². The molecule has 2 unspecified atom stereocenters. The molecule has 2 heteroatoms. The molecule has 0 aliphatic carbocycles. The van der Waals surface area contributed by atoms with Crippen LogP contribution in [-0.2, 0) is 0 Å². The Morgan fingerprint density at radius 3 is 2.40 bits per heavy atom. The second-order valence-electron chi connectivity index (χ2n) is 4.04. The number of nitrogens with one attached hydrogen (secondary N) is 1. The number of hydrogen-bond donors (Lipinski definition) is 1. The van der Waals surface area contributed by atoms with E-state index in [1.54, 1.807) is 0 Å². The first-order valence-corrected chi connectivity index (χ1v) is 5.69. The van der Waals surface area contributed by atoms with Crippen LogP contribution in [-0.4, -0.2) is 17.3 Å². The fourth-order valence-electron chi connectivity index (χ4n) is 2.49. The van der Waals surface area contributed by atoms with Crippen LogP contribution in [0.5, 0.6) is 0 Å². The summed E-state index contributed by atoms with van der Waals surface area (Å²) in [6.45, 7) is 5.23. The molecule has 0 radical (unpaired) electrons. The minimum absolute atomic E-state index is 0.423. The lowest BCUT2D eigenvalue weighted by Gasteiger charge is -2.49. The van der Waals surface area contributed by atoms with E-state index in [0.717, 1.165) is 18.8 Å². The Morgan fingerprint density at radius 2 is 1.87 bits per heavy atom. The quantitative estimate of drug-likeness (QED) is 0.801. The highest BCUT2D eigenvalue weighted by atomic mass is 15.3. The van der Waals surface area contributed by atoms with Gasteiger partial charge in [0.2, 0.25) is 0 Å². The van der Waals surface area contributed by atoms with Gasteiger partial charge < -0.3 is 4.90 Å². The van der Waals surface area contributed by atoms with Crippen LogP contribution in [0.15, 0.2) is 30.3 Å². The molecule has 0 spiro atoms. The van der Waals surface area contributed by atoms with Crippen molar-refractivity contribution in [2.45, 2.75) is 26.3 Å². The van der Waals surface area contributed by atoms with Gasteiger partial charge in [0.25, 0.3) is 0 Å². The van der Waals surface area contributed by atoms with Gasteiger partial charge in [-0.3, -0.25) is 5.41 Å². The monoisotopic (exact) mass is 202 g/mol. The van der Waals surface area contributed by atoms with Gasteiger partial charge in [0.1, 0.15) is 5.84 Å². The molecule has 1 aromatic rings. The Labute approximate surface area is 91.4 Å². The first-order valence-electron chi connectivity index (χ1n) is 5.69. The van der Waals surface area contributed by atoms with Gasteiger partial charge >= 0.3 is 0 Å². The predicted octanol–water partition coefficient (Wildman–Crippen LogP) is 3.07. The molecule has 15 heavy (non-hydrogen) atoms. The number of hydrogen-bond acceptors (Lipinski definition) is 1. The summed E-state index contributed by atoms with van der Waals surface area (Å²) in [5.74, 6) is 1.24. The van der Waals surface area contributed by atoms with E-state index in [4.69, 9.17) is 5.41 Å². The van der Waals surface area contributed by atoms with E-state index in [1.165, 1.54) is 5.56 Å². The first-order chi connectivity index (χ1) is 7.29. The predicted molar refractivity (Wildman–Crippen MR) is 63.1 cm³/mol. The fourth-order valence-corrected chi connectivity index (χ4v) is 2.49. The maximum absolute atomic E-state index is 7.95. The normalized spacial score (nSPS) is 25.2. The number of benzene rings is 1. The van der Waals surface area contributed by atoms with Crippen molar-refractivity contribution in [1.29, 1.82) is 5.41 Å². The summed E-state index contributed by atoms with van der Waals surface area (Å²) in [6, 6.07) is 11.0. The molecule has 1 aliphatic rings. The van der Waals surface area contributed by atoms with Crippen LogP contribution in [0.1, 0.15) is 31.9 Å². The van der Waals surface area contributed by atoms with Crippen molar-refractivity contribution in [3.05, 3.63) is 35.9 Å². The van der Waals surface area contributed by atoms with Gasteiger partial charge in [-0.1, -0.05) is 37.3 Å². The van der Waals surface area contributed by atoms with Gasteiger partial charge in [-0.2, -0.15) is 0 Å². The molecule has 2 nitrogen and oxygen atoms in total. The molecule has 1 N–H and O–H groups in total. The minimum Gasteiger partial charge on any atom is -0.353 e. The van der Waals surface area contributed by atoms with Gasteiger partial charge in [-0.05, 0) is 18.9 Å². The lowest BCUT2D eigenvalue weighted by Crippen LogP contribution is -2.53. The van der Waals surface area contributed by atoms with Gasteiger partial charge in [-0.15, -0.1) is 0 Å². The summed E-state index contributed by atoms with van der Waals surface area (Å²) in [5.41, 5.74) is 1.35. The van der Waals surface area contributed by atoms with Crippen LogP contribution >= 0.6 is 0 Å². The molecular formula is C13H18N2. The van der Waals surface area contributed by atoms with Crippen molar-refractivity contribution in [3.8, 4) is 0 Å². The Morgan fingerprint density at radius 1 is 1.20 bits per heavy atom. The fraction of sp³-hybridized carbons (Fsp3) is 0.462. The van der Waals surface area contributed by atoms with Crippen molar-refractivity contribution >= 4 is 5.84 Å². The van der Waals surface area contributed by atoms with Crippen LogP contribution < -0.4 is 0 Å². The van der Waals surface area contributed by atoms with Gasteiger partial charge in [0.15, 0.2) is 0 Å². The van der Waals surface area contributed by atoms with Crippen molar-refractivity contribution in [2.24, 2.45) is 5.92 Å².